The highest BCUT2D eigenvalue weighted by Crippen LogP contribution is 2.13. The molecule has 1 N–H and O–H groups in total. The molecule has 0 saturated heterocycles. The van der Waals surface area contributed by atoms with Crippen LogP contribution in [0.3, 0.4) is 0 Å². The molecule has 0 aliphatic carbocycles. The molecule has 0 saturated carbocycles. The van der Waals surface area contributed by atoms with E-state index >= 15 is 0 Å². The number of carbonyl (C=O) groups excluding carboxylic acids is 2. The number of benzene rings is 2. The van der Waals surface area contributed by atoms with E-state index in [9.17, 15) is 18.0 Å². The van der Waals surface area contributed by atoms with Crippen molar-refractivity contribution in [2.24, 2.45) is 0 Å². The Morgan fingerprint density at radius 2 is 1.79 bits per heavy atom. The van der Waals surface area contributed by atoms with Crippen molar-refractivity contribution in [1.29, 1.82) is 0 Å². The van der Waals surface area contributed by atoms with Gasteiger partial charge in [0.25, 0.3) is 0 Å². The molecule has 150 valence electrons. The minimum Gasteiger partial charge on any atom is -0.494 e. The van der Waals surface area contributed by atoms with Gasteiger partial charge in [-0.3, -0.25) is 4.79 Å². The maximum absolute atomic E-state index is 12.1. The lowest BCUT2D eigenvalue weighted by Crippen LogP contribution is -2.25. The smallest absolute Gasteiger partial charge is 0.337 e. The molecule has 0 aliphatic heterocycles. The van der Waals surface area contributed by atoms with Crippen LogP contribution >= 0.6 is 0 Å². The van der Waals surface area contributed by atoms with Crippen molar-refractivity contribution in [3.05, 3.63) is 59.7 Å². The maximum atomic E-state index is 12.1. The first-order chi connectivity index (χ1) is 13.3. The topological polar surface area (TPSA) is 98.8 Å². The number of methoxy groups -OCH3 is 1. The Morgan fingerprint density at radius 1 is 1.07 bits per heavy atom. The average Bonchev–Trinajstić information content (AvgIpc) is 2.64. The summed E-state index contributed by atoms with van der Waals surface area (Å²) >= 11 is 0. The Kier molecular flexibility index (Phi) is 7.57. The third kappa shape index (κ3) is 7.03. The van der Waals surface area contributed by atoms with E-state index in [1.165, 1.54) is 7.11 Å². The molecule has 0 heterocycles. The Bertz CT molecular complexity index is 922. The number of aryl methyl sites for hydroxylation is 1. The highest BCUT2D eigenvalue weighted by Gasteiger charge is 2.17. The first-order valence-electron chi connectivity index (χ1n) is 8.67. The molecule has 0 spiro atoms. The number of sulfone groups is 1. The number of esters is 1. The third-order valence-corrected chi connectivity index (χ3v) is 5.41. The van der Waals surface area contributed by atoms with Gasteiger partial charge in [0.15, 0.2) is 9.84 Å². The minimum atomic E-state index is -3.54. The third-order valence-electron chi connectivity index (χ3n) is 3.80. The lowest BCUT2D eigenvalue weighted by Gasteiger charge is -2.08. The van der Waals surface area contributed by atoms with Gasteiger partial charge in [-0.15, -0.1) is 0 Å². The molecule has 0 unspecified atom stereocenters. The second-order valence-electron chi connectivity index (χ2n) is 6.23. The van der Waals surface area contributed by atoms with E-state index in [4.69, 9.17) is 4.74 Å². The molecule has 0 aromatic heterocycles. The zero-order valence-electron chi connectivity index (χ0n) is 15.8. The summed E-state index contributed by atoms with van der Waals surface area (Å²) in [7, 11) is -2.24. The molecule has 0 radical (unpaired) electrons. The molecule has 0 bridgehead atoms. The molecule has 8 heteroatoms. The van der Waals surface area contributed by atoms with Crippen LogP contribution in [0.2, 0.25) is 0 Å². The van der Waals surface area contributed by atoms with Gasteiger partial charge >= 0.3 is 5.97 Å². The van der Waals surface area contributed by atoms with Crippen molar-refractivity contribution in [2.75, 3.05) is 30.5 Å². The van der Waals surface area contributed by atoms with E-state index in [0.29, 0.717) is 17.0 Å². The largest absolute Gasteiger partial charge is 0.494 e. The summed E-state index contributed by atoms with van der Waals surface area (Å²) in [5.74, 6) is -1.22. The van der Waals surface area contributed by atoms with E-state index in [2.05, 4.69) is 10.1 Å². The number of ether oxygens (including phenoxy) is 2. The van der Waals surface area contributed by atoms with Gasteiger partial charge < -0.3 is 14.8 Å². The predicted molar refractivity (Wildman–Crippen MR) is 106 cm³/mol. The second-order valence-corrected chi connectivity index (χ2v) is 8.41. The molecule has 0 fully saturated rings. The molecule has 0 atom stereocenters. The van der Waals surface area contributed by atoms with Crippen molar-refractivity contribution in [3.63, 3.8) is 0 Å². The van der Waals surface area contributed by atoms with Crippen LogP contribution in [-0.4, -0.2) is 45.5 Å². The van der Waals surface area contributed by atoms with E-state index in [1.807, 2.05) is 13.0 Å². The second kappa shape index (κ2) is 9.89. The monoisotopic (exact) mass is 405 g/mol. The van der Waals surface area contributed by atoms with E-state index in [-0.39, 0.29) is 18.8 Å². The van der Waals surface area contributed by atoms with Crippen LogP contribution in [0, 0.1) is 6.92 Å². The van der Waals surface area contributed by atoms with Crippen molar-refractivity contribution in [1.82, 2.24) is 0 Å². The van der Waals surface area contributed by atoms with E-state index in [0.717, 1.165) is 5.56 Å². The zero-order chi connectivity index (χ0) is 20.6. The summed E-state index contributed by atoms with van der Waals surface area (Å²) in [6, 6.07) is 13.5. The standard InChI is InChI=1S/C20H23NO6S/c1-15-5-3-6-17(13-15)21-19(22)14-28(24,25)12-4-11-27-18-9-7-16(8-10-18)20(23)26-2/h3,5-10,13H,4,11-12,14H2,1-2H3,(H,21,22). The van der Waals surface area contributed by atoms with Gasteiger partial charge in [0, 0.05) is 5.69 Å². The number of hydrogen-bond acceptors (Lipinski definition) is 6. The van der Waals surface area contributed by atoms with Gasteiger partial charge in [-0.05, 0) is 55.3 Å². The van der Waals surface area contributed by atoms with Crippen LogP contribution in [0.1, 0.15) is 22.3 Å². The van der Waals surface area contributed by atoms with Crippen LogP contribution in [-0.2, 0) is 19.4 Å². The summed E-state index contributed by atoms with van der Waals surface area (Å²) < 4.78 is 34.3. The van der Waals surface area contributed by atoms with Crippen molar-refractivity contribution < 1.29 is 27.5 Å². The highest BCUT2D eigenvalue weighted by molar-refractivity contribution is 7.92. The van der Waals surface area contributed by atoms with Crippen molar-refractivity contribution in [2.45, 2.75) is 13.3 Å². The van der Waals surface area contributed by atoms with Gasteiger partial charge in [0.1, 0.15) is 11.5 Å². The Balaban J connectivity index is 1.75. The number of rotatable bonds is 9. The average molecular weight is 405 g/mol. The summed E-state index contributed by atoms with van der Waals surface area (Å²) in [5.41, 5.74) is 1.94. The first kappa shape index (κ1) is 21.4. The Labute approximate surface area is 164 Å². The molecule has 1 amide bonds. The number of anilines is 1. The van der Waals surface area contributed by atoms with Gasteiger partial charge in [0.05, 0.1) is 25.0 Å². The minimum absolute atomic E-state index is 0.158. The van der Waals surface area contributed by atoms with Crippen LogP contribution < -0.4 is 10.1 Å². The van der Waals surface area contributed by atoms with Gasteiger partial charge in [-0.1, -0.05) is 12.1 Å². The molecule has 2 aromatic rings. The van der Waals surface area contributed by atoms with Crippen LogP contribution in [0.5, 0.6) is 5.75 Å². The molecular formula is C20H23NO6S. The number of carbonyl (C=O) groups is 2. The number of amides is 1. The van der Waals surface area contributed by atoms with Crippen molar-refractivity contribution >= 4 is 27.4 Å². The van der Waals surface area contributed by atoms with Crippen molar-refractivity contribution in [3.8, 4) is 5.75 Å². The van der Waals surface area contributed by atoms with Crippen LogP contribution in [0.4, 0.5) is 5.69 Å². The first-order valence-corrected chi connectivity index (χ1v) is 10.5. The summed E-state index contributed by atoms with van der Waals surface area (Å²) in [5, 5.41) is 2.59. The SMILES string of the molecule is COC(=O)c1ccc(OCCCS(=O)(=O)CC(=O)Nc2cccc(C)c2)cc1. The molecule has 28 heavy (non-hydrogen) atoms. The highest BCUT2D eigenvalue weighted by atomic mass is 32.2. The molecule has 2 rings (SSSR count). The lowest BCUT2D eigenvalue weighted by molar-refractivity contribution is -0.113. The molecular weight excluding hydrogens is 382 g/mol. The molecule has 2 aromatic carbocycles. The quantitative estimate of drug-likeness (QED) is 0.509. The number of nitrogens with one attached hydrogen (secondary N) is 1. The summed E-state index contributed by atoms with van der Waals surface area (Å²) in [6.07, 6.45) is 0.249. The van der Waals surface area contributed by atoms with Gasteiger partial charge in [0.2, 0.25) is 5.91 Å². The van der Waals surface area contributed by atoms with Crippen LogP contribution in [0.15, 0.2) is 48.5 Å². The Morgan fingerprint density at radius 3 is 2.43 bits per heavy atom. The normalized spacial score (nSPS) is 10.9. The maximum Gasteiger partial charge on any atom is 0.337 e. The summed E-state index contributed by atoms with van der Waals surface area (Å²) in [4.78, 5) is 23.3. The summed E-state index contributed by atoms with van der Waals surface area (Å²) in [6.45, 7) is 2.06. The lowest BCUT2D eigenvalue weighted by atomic mass is 10.2. The van der Waals surface area contributed by atoms with Gasteiger partial charge in [-0.25, -0.2) is 13.2 Å². The fourth-order valence-corrected chi connectivity index (χ4v) is 3.64. The van der Waals surface area contributed by atoms with Gasteiger partial charge in [-0.2, -0.15) is 0 Å². The van der Waals surface area contributed by atoms with E-state index in [1.54, 1.807) is 42.5 Å². The molecule has 7 nitrogen and oxygen atoms in total. The zero-order valence-corrected chi connectivity index (χ0v) is 16.6. The fraction of sp³-hybridized carbons (Fsp3) is 0.300. The fourth-order valence-electron chi connectivity index (χ4n) is 2.47. The van der Waals surface area contributed by atoms with Crippen LogP contribution in [0.25, 0.3) is 0 Å². The number of hydrogen-bond donors (Lipinski definition) is 1. The van der Waals surface area contributed by atoms with E-state index < -0.39 is 27.5 Å². The Hall–Kier alpha value is -2.87. The predicted octanol–water partition coefficient (Wildman–Crippen LogP) is 2.60. The molecule has 0 aliphatic rings.